The van der Waals surface area contributed by atoms with Gasteiger partial charge in [-0.3, -0.25) is 9.59 Å². The molecule has 0 saturated carbocycles. The predicted octanol–water partition coefficient (Wildman–Crippen LogP) is 7.31. The van der Waals surface area contributed by atoms with E-state index in [0.29, 0.717) is 25.1 Å². The Morgan fingerprint density at radius 1 is 0.902 bits per heavy atom. The third-order valence-electron chi connectivity index (χ3n) is 6.58. The lowest BCUT2D eigenvalue weighted by molar-refractivity contribution is -0.141. The van der Waals surface area contributed by atoms with Crippen LogP contribution in [0.3, 0.4) is 0 Å². The normalized spacial score (nSPS) is 13.0. The minimum Gasteiger partial charge on any atom is -0.444 e. The van der Waals surface area contributed by atoms with Crippen molar-refractivity contribution in [3.8, 4) is 0 Å². The minimum atomic E-state index is -0.900. The van der Waals surface area contributed by atoms with Gasteiger partial charge in [-0.05, 0) is 81.8 Å². The van der Waals surface area contributed by atoms with Gasteiger partial charge < -0.3 is 20.3 Å². The number of anilines is 1. The zero-order valence-corrected chi connectivity index (χ0v) is 25.7. The number of hydrogen-bond acceptors (Lipinski definition) is 4. The average molecular weight is 560 g/mol. The van der Waals surface area contributed by atoms with Crippen molar-refractivity contribution in [3.05, 3.63) is 77.4 Å². The Kier molecular flexibility index (Phi) is 10.5. The maximum atomic E-state index is 14.3. The van der Waals surface area contributed by atoms with Gasteiger partial charge in [-0.25, -0.2) is 4.79 Å². The number of nitrogens with one attached hydrogen (secondary N) is 2. The summed E-state index contributed by atoms with van der Waals surface area (Å²) >= 11 is 0. The van der Waals surface area contributed by atoms with Crippen LogP contribution < -0.4 is 10.6 Å². The number of carbonyl (C=O) groups is 3. The van der Waals surface area contributed by atoms with Crippen molar-refractivity contribution in [1.29, 1.82) is 0 Å². The lowest BCUT2D eigenvalue weighted by Gasteiger charge is -2.35. The molecule has 0 aliphatic rings. The standard InChI is InChI=1S/C34H45N3O4/c1-9-16-37(32(39)29(17-22(2)3)36-33(40)41-34(6,7)8)30(27-19-23(4)18-24(5)20-27)31(38)35-28-15-14-25-12-10-11-13-26(25)21-28/h10-15,18-22,29-30H,9,16-17H2,1-8H3,(H,35,38)(H,36,40). The van der Waals surface area contributed by atoms with Crippen molar-refractivity contribution in [2.45, 2.75) is 85.9 Å². The molecule has 0 bridgehead atoms. The Morgan fingerprint density at radius 2 is 1.54 bits per heavy atom. The maximum Gasteiger partial charge on any atom is 0.408 e. The van der Waals surface area contributed by atoms with Crippen LogP contribution in [0.4, 0.5) is 10.5 Å². The first kappa shape index (κ1) is 31.7. The zero-order chi connectivity index (χ0) is 30.3. The first-order valence-corrected chi connectivity index (χ1v) is 14.4. The van der Waals surface area contributed by atoms with Gasteiger partial charge in [0.15, 0.2) is 0 Å². The molecule has 3 aromatic carbocycles. The molecular formula is C34H45N3O4. The molecule has 3 rings (SSSR count). The zero-order valence-electron chi connectivity index (χ0n) is 25.7. The second-order valence-corrected chi connectivity index (χ2v) is 12.2. The van der Waals surface area contributed by atoms with Crippen LogP contribution in [0, 0.1) is 19.8 Å². The summed E-state index contributed by atoms with van der Waals surface area (Å²) in [5.74, 6) is -0.509. The van der Waals surface area contributed by atoms with Gasteiger partial charge in [-0.2, -0.15) is 0 Å². The molecule has 2 unspecified atom stereocenters. The number of amides is 3. The quantitative estimate of drug-likeness (QED) is 0.273. The Labute approximate surface area is 244 Å². The Hall–Kier alpha value is -3.87. The van der Waals surface area contributed by atoms with Crippen LogP contribution in [0.1, 0.15) is 77.1 Å². The van der Waals surface area contributed by atoms with Crippen LogP contribution in [0.2, 0.25) is 0 Å². The molecule has 0 spiro atoms. The van der Waals surface area contributed by atoms with E-state index in [1.54, 1.807) is 25.7 Å². The molecule has 0 radical (unpaired) electrons. The monoisotopic (exact) mass is 559 g/mol. The van der Waals surface area contributed by atoms with Gasteiger partial charge in [0.25, 0.3) is 5.91 Å². The molecule has 220 valence electrons. The van der Waals surface area contributed by atoms with E-state index in [1.165, 1.54) is 0 Å². The van der Waals surface area contributed by atoms with Crippen molar-refractivity contribution in [2.75, 3.05) is 11.9 Å². The van der Waals surface area contributed by atoms with E-state index < -0.39 is 23.8 Å². The average Bonchev–Trinajstić information content (AvgIpc) is 2.85. The number of carbonyl (C=O) groups excluding carboxylic acids is 3. The highest BCUT2D eigenvalue weighted by molar-refractivity contribution is 6.00. The molecule has 2 N–H and O–H groups in total. The van der Waals surface area contributed by atoms with Gasteiger partial charge in [-0.1, -0.05) is 80.4 Å². The highest BCUT2D eigenvalue weighted by Gasteiger charge is 2.36. The minimum absolute atomic E-state index is 0.119. The van der Waals surface area contributed by atoms with Crippen LogP contribution in [0.5, 0.6) is 0 Å². The third-order valence-corrected chi connectivity index (χ3v) is 6.58. The third kappa shape index (κ3) is 9.07. The summed E-state index contributed by atoms with van der Waals surface area (Å²) in [7, 11) is 0. The van der Waals surface area contributed by atoms with Gasteiger partial charge in [0.1, 0.15) is 17.7 Å². The smallest absolute Gasteiger partial charge is 0.408 e. The molecule has 41 heavy (non-hydrogen) atoms. The largest absolute Gasteiger partial charge is 0.444 e. The van der Waals surface area contributed by atoms with E-state index in [0.717, 1.165) is 27.5 Å². The summed E-state index contributed by atoms with van der Waals surface area (Å²) in [6.45, 7) is 15.6. The van der Waals surface area contributed by atoms with Gasteiger partial charge >= 0.3 is 6.09 Å². The number of alkyl carbamates (subject to hydrolysis) is 1. The number of rotatable bonds is 10. The number of benzene rings is 3. The summed E-state index contributed by atoms with van der Waals surface area (Å²) in [6, 6.07) is 17.9. The SMILES string of the molecule is CCCN(C(=O)C(CC(C)C)NC(=O)OC(C)(C)C)C(C(=O)Nc1ccc2ccccc2c1)c1cc(C)cc(C)c1. The lowest BCUT2D eigenvalue weighted by atomic mass is 9.96. The van der Waals surface area contributed by atoms with E-state index >= 15 is 0 Å². The lowest BCUT2D eigenvalue weighted by Crippen LogP contribution is -2.53. The number of ether oxygens (including phenoxy) is 1. The fourth-order valence-corrected chi connectivity index (χ4v) is 5.07. The molecule has 0 fully saturated rings. The number of aryl methyl sites for hydroxylation is 2. The van der Waals surface area contributed by atoms with Crippen molar-refractivity contribution in [2.24, 2.45) is 5.92 Å². The molecule has 0 aromatic heterocycles. The molecule has 3 aromatic rings. The molecule has 3 amide bonds. The van der Waals surface area contributed by atoms with Crippen LogP contribution in [-0.4, -0.2) is 41.0 Å². The Balaban J connectivity index is 2.04. The number of nitrogens with zero attached hydrogens (tertiary/aromatic N) is 1. The van der Waals surface area contributed by atoms with Crippen LogP contribution in [-0.2, 0) is 14.3 Å². The molecule has 7 heteroatoms. The summed E-state index contributed by atoms with van der Waals surface area (Å²) in [4.78, 5) is 42.8. The van der Waals surface area contributed by atoms with Gasteiger partial charge in [0.05, 0.1) is 0 Å². The van der Waals surface area contributed by atoms with Gasteiger partial charge in [-0.15, -0.1) is 0 Å². The molecule has 0 aliphatic carbocycles. The van der Waals surface area contributed by atoms with Crippen molar-refractivity contribution in [1.82, 2.24) is 10.2 Å². The van der Waals surface area contributed by atoms with Crippen molar-refractivity contribution < 1.29 is 19.1 Å². The predicted molar refractivity (Wildman–Crippen MR) is 166 cm³/mol. The van der Waals surface area contributed by atoms with Crippen LogP contribution in [0.15, 0.2) is 60.7 Å². The topological polar surface area (TPSA) is 87.7 Å². The van der Waals surface area contributed by atoms with Gasteiger partial charge in [0.2, 0.25) is 5.91 Å². The van der Waals surface area contributed by atoms with E-state index in [4.69, 9.17) is 4.74 Å². The Morgan fingerprint density at radius 3 is 2.12 bits per heavy atom. The second kappa shape index (κ2) is 13.7. The van der Waals surface area contributed by atoms with E-state index in [-0.39, 0.29) is 17.7 Å². The van der Waals surface area contributed by atoms with E-state index in [2.05, 4.69) is 10.6 Å². The maximum absolute atomic E-state index is 14.3. The molecule has 0 heterocycles. The number of hydrogen-bond donors (Lipinski definition) is 2. The molecule has 0 aliphatic heterocycles. The molecule has 2 atom stereocenters. The van der Waals surface area contributed by atoms with E-state index in [1.807, 2.05) is 95.3 Å². The summed E-state index contributed by atoms with van der Waals surface area (Å²) in [6.07, 6.45) is 0.387. The highest BCUT2D eigenvalue weighted by atomic mass is 16.6. The van der Waals surface area contributed by atoms with Gasteiger partial charge in [0, 0.05) is 12.2 Å². The summed E-state index contributed by atoms with van der Waals surface area (Å²) < 4.78 is 5.48. The first-order chi connectivity index (χ1) is 19.3. The summed E-state index contributed by atoms with van der Waals surface area (Å²) in [5.41, 5.74) is 2.66. The fourth-order valence-electron chi connectivity index (χ4n) is 5.07. The van der Waals surface area contributed by atoms with Crippen molar-refractivity contribution >= 4 is 34.4 Å². The van der Waals surface area contributed by atoms with Crippen LogP contribution >= 0.6 is 0 Å². The van der Waals surface area contributed by atoms with Crippen molar-refractivity contribution in [3.63, 3.8) is 0 Å². The molecule has 0 saturated heterocycles. The number of fused-ring (bicyclic) bond motifs is 1. The first-order valence-electron chi connectivity index (χ1n) is 14.4. The summed E-state index contributed by atoms with van der Waals surface area (Å²) in [5, 5.41) is 7.95. The Bertz CT molecular complexity index is 1360. The molecule has 7 nitrogen and oxygen atoms in total. The highest BCUT2D eigenvalue weighted by Crippen LogP contribution is 2.28. The second-order valence-electron chi connectivity index (χ2n) is 12.2. The van der Waals surface area contributed by atoms with E-state index in [9.17, 15) is 14.4 Å². The fraction of sp³-hybridized carbons (Fsp3) is 0.441. The molecular weight excluding hydrogens is 514 g/mol. The van der Waals surface area contributed by atoms with Crippen LogP contribution in [0.25, 0.3) is 10.8 Å².